The Morgan fingerprint density at radius 3 is 2.62 bits per heavy atom. The third kappa shape index (κ3) is 4.06. The van der Waals surface area contributed by atoms with Crippen molar-refractivity contribution < 1.29 is 28.6 Å². The van der Waals surface area contributed by atoms with Crippen molar-refractivity contribution in [3.05, 3.63) is 52.9 Å². The molecule has 0 spiro atoms. The van der Waals surface area contributed by atoms with Crippen LogP contribution in [0.4, 0.5) is 5.69 Å². The molecule has 5 rings (SSSR count). The first kappa shape index (κ1) is 25.2. The van der Waals surface area contributed by atoms with E-state index in [1.807, 2.05) is 6.07 Å². The summed E-state index contributed by atoms with van der Waals surface area (Å²) in [5.74, 6) is -0.749. The summed E-state index contributed by atoms with van der Waals surface area (Å²) >= 11 is 6.39. The van der Waals surface area contributed by atoms with Crippen LogP contribution in [0.2, 0.25) is 18.6 Å². The number of nitrogens with one attached hydrogen (secondary N) is 1. The third-order valence-electron chi connectivity index (χ3n) is 7.56. The van der Waals surface area contributed by atoms with E-state index in [9.17, 15) is 19.8 Å². The molecular weight excluding hydrogens is 512 g/mol. The lowest BCUT2D eigenvalue weighted by atomic mass is 9.95. The summed E-state index contributed by atoms with van der Waals surface area (Å²) in [6.07, 6.45) is 0. The number of H-pyrrole nitrogens is 1. The number of alkyl halides is 1. The molecule has 1 aliphatic rings. The lowest BCUT2D eigenvalue weighted by Gasteiger charge is -2.27. The van der Waals surface area contributed by atoms with Crippen LogP contribution in [0.25, 0.3) is 21.9 Å². The van der Waals surface area contributed by atoms with E-state index in [2.05, 4.69) is 25.4 Å². The number of carboxylic acids is 1. The Morgan fingerprint density at radius 2 is 1.97 bits per heavy atom. The Labute approximate surface area is 219 Å². The van der Waals surface area contributed by atoms with Crippen LogP contribution in [0.1, 0.15) is 51.9 Å². The fourth-order valence-electron chi connectivity index (χ4n) is 5.12. The molecule has 4 aromatic rings. The number of halogens is 1. The second-order valence-electron chi connectivity index (χ2n) is 9.85. The van der Waals surface area contributed by atoms with Gasteiger partial charge >= 0.3 is 5.97 Å². The van der Waals surface area contributed by atoms with Crippen LogP contribution in [-0.4, -0.2) is 47.8 Å². The molecular formula is C27H29ClN2O6Si. The first-order chi connectivity index (χ1) is 17.6. The number of aromatic amines is 1. The molecule has 0 fully saturated rings. The second-order valence-corrected chi connectivity index (χ2v) is 14.7. The number of benzene rings is 2. The summed E-state index contributed by atoms with van der Waals surface area (Å²) in [5.41, 5.74) is 3.09. The van der Waals surface area contributed by atoms with Gasteiger partial charge in [-0.1, -0.05) is 13.8 Å². The molecule has 0 unspecified atom stereocenters. The van der Waals surface area contributed by atoms with Gasteiger partial charge in [0.1, 0.15) is 17.1 Å². The van der Waals surface area contributed by atoms with E-state index >= 15 is 0 Å². The highest BCUT2D eigenvalue weighted by molar-refractivity contribution is 6.73. The van der Waals surface area contributed by atoms with Gasteiger partial charge in [0.15, 0.2) is 5.76 Å². The number of aromatic carboxylic acids is 1. The van der Waals surface area contributed by atoms with Gasteiger partial charge in [-0.3, -0.25) is 4.79 Å². The van der Waals surface area contributed by atoms with Gasteiger partial charge in [-0.2, -0.15) is 0 Å². The number of carbonyl (C=O) groups excluding carboxylic acids is 1. The van der Waals surface area contributed by atoms with Gasteiger partial charge in [0.25, 0.3) is 5.91 Å². The summed E-state index contributed by atoms with van der Waals surface area (Å²) in [5, 5.41) is 21.1. The number of hydrogen-bond acceptors (Lipinski definition) is 5. The standard InChI is InChI=1S/C27H29ClN2O6Si/c1-5-37(4,6-2)36-20-11-18-23(24-22(27(33)34)14(3)29-25(20)24)16(12-28)13-30(18)26(32)21-10-15-9-17(31)7-8-19(15)35-21/h7-11,16,29,31H,5-6,12-13H2,1-4H3,(H,33,34)/t16-/m1/s1. The van der Waals surface area contributed by atoms with Gasteiger partial charge in [-0.15, -0.1) is 11.6 Å². The van der Waals surface area contributed by atoms with Crippen LogP contribution in [0, 0.1) is 6.92 Å². The third-order valence-corrected chi connectivity index (χ3v) is 11.6. The zero-order valence-corrected chi connectivity index (χ0v) is 22.9. The van der Waals surface area contributed by atoms with Gasteiger partial charge in [-0.05, 0) is 55.4 Å². The number of furan rings is 1. The first-order valence-electron chi connectivity index (χ1n) is 12.3. The fourth-order valence-corrected chi connectivity index (χ4v) is 6.86. The summed E-state index contributed by atoms with van der Waals surface area (Å²) in [6, 6.07) is 9.85. The van der Waals surface area contributed by atoms with Crippen LogP contribution in [0.5, 0.6) is 11.5 Å². The number of fused-ring (bicyclic) bond motifs is 4. The Bertz CT molecular complexity index is 1550. The smallest absolute Gasteiger partial charge is 0.338 e. The number of hydrogen-bond donors (Lipinski definition) is 3. The minimum absolute atomic E-state index is 0.0771. The molecule has 0 aliphatic carbocycles. The van der Waals surface area contributed by atoms with Crippen molar-refractivity contribution in [1.29, 1.82) is 0 Å². The van der Waals surface area contributed by atoms with Gasteiger partial charge in [0, 0.05) is 40.9 Å². The van der Waals surface area contributed by atoms with Crippen LogP contribution in [0.15, 0.2) is 34.7 Å². The van der Waals surface area contributed by atoms with Gasteiger partial charge in [-0.25, -0.2) is 4.79 Å². The molecule has 37 heavy (non-hydrogen) atoms. The zero-order chi connectivity index (χ0) is 26.6. The Balaban J connectivity index is 1.73. The molecule has 8 nitrogen and oxygen atoms in total. The van der Waals surface area contributed by atoms with Crippen molar-refractivity contribution in [2.75, 3.05) is 17.3 Å². The molecule has 3 heterocycles. The monoisotopic (exact) mass is 540 g/mol. The average molecular weight is 541 g/mol. The molecule has 0 bridgehead atoms. The number of aryl methyl sites for hydroxylation is 1. The van der Waals surface area contributed by atoms with Crippen LogP contribution in [0.3, 0.4) is 0 Å². The number of aromatic nitrogens is 1. The van der Waals surface area contributed by atoms with Gasteiger partial charge < -0.3 is 28.9 Å². The fraction of sp³-hybridized carbons (Fsp3) is 0.333. The topological polar surface area (TPSA) is 116 Å². The molecule has 0 radical (unpaired) electrons. The lowest BCUT2D eigenvalue weighted by molar-refractivity contribution is 0.0698. The number of nitrogens with zero attached hydrogens (tertiary/aromatic N) is 1. The van der Waals surface area contributed by atoms with Crippen LogP contribution in [-0.2, 0) is 0 Å². The minimum atomic E-state index is -2.13. The normalized spacial score (nSPS) is 15.5. The number of carboxylic acid groups (broad SMARTS) is 1. The molecule has 0 saturated heterocycles. The SMILES string of the molecule is CC[Si](C)(CC)Oc1cc2c(c3c(C(=O)O)c(C)[nH]c13)[C@H](CCl)CN2C(=O)c1cc2cc(O)ccc2o1. The molecule has 194 valence electrons. The number of anilines is 1. The van der Waals surface area contributed by atoms with E-state index in [1.54, 1.807) is 24.0 Å². The molecule has 10 heteroatoms. The highest BCUT2D eigenvalue weighted by Crippen LogP contribution is 2.48. The Kier molecular flexibility index (Phi) is 6.24. The minimum Gasteiger partial charge on any atom is -0.542 e. The predicted molar refractivity (Wildman–Crippen MR) is 146 cm³/mol. The molecule has 2 aromatic heterocycles. The van der Waals surface area contributed by atoms with E-state index in [-0.39, 0.29) is 41.3 Å². The van der Waals surface area contributed by atoms with E-state index in [4.69, 9.17) is 20.4 Å². The second kappa shape index (κ2) is 9.15. The number of phenols is 1. The first-order valence-corrected chi connectivity index (χ1v) is 15.7. The molecule has 3 N–H and O–H groups in total. The maximum Gasteiger partial charge on any atom is 0.338 e. The maximum absolute atomic E-state index is 13.8. The van der Waals surface area contributed by atoms with Crippen molar-refractivity contribution in [2.24, 2.45) is 0 Å². The molecule has 0 saturated carbocycles. The van der Waals surface area contributed by atoms with Gasteiger partial charge in [0.2, 0.25) is 8.32 Å². The Morgan fingerprint density at radius 1 is 1.24 bits per heavy atom. The van der Waals surface area contributed by atoms with Crippen molar-refractivity contribution in [2.45, 2.75) is 45.3 Å². The highest BCUT2D eigenvalue weighted by atomic mass is 35.5. The van der Waals surface area contributed by atoms with Crippen molar-refractivity contribution in [1.82, 2.24) is 4.98 Å². The molecule has 2 aromatic carbocycles. The zero-order valence-electron chi connectivity index (χ0n) is 21.1. The molecule has 1 amide bonds. The van der Waals surface area contributed by atoms with E-state index in [0.717, 1.165) is 17.7 Å². The van der Waals surface area contributed by atoms with Crippen molar-refractivity contribution in [3.8, 4) is 11.5 Å². The number of aromatic hydroxyl groups is 1. The van der Waals surface area contributed by atoms with E-state index < -0.39 is 14.3 Å². The van der Waals surface area contributed by atoms with Crippen molar-refractivity contribution >= 4 is 59.4 Å². The molecule has 1 aliphatic heterocycles. The summed E-state index contributed by atoms with van der Waals surface area (Å²) in [6.45, 7) is 8.35. The largest absolute Gasteiger partial charge is 0.542 e. The summed E-state index contributed by atoms with van der Waals surface area (Å²) < 4.78 is 12.5. The number of phenolic OH excluding ortho intramolecular Hbond substituents is 1. The Hall–Kier alpha value is -3.43. The number of carbonyl (C=O) groups is 2. The quantitative estimate of drug-likeness (QED) is 0.179. The highest BCUT2D eigenvalue weighted by Gasteiger charge is 2.39. The summed E-state index contributed by atoms with van der Waals surface area (Å²) in [4.78, 5) is 31.0. The average Bonchev–Trinajstić information content (AvgIpc) is 3.55. The lowest BCUT2D eigenvalue weighted by Crippen LogP contribution is -2.36. The maximum atomic E-state index is 13.8. The van der Waals surface area contributed by atoms with Gasteiger partial charge in [0.05, 0.1) is 16.8 Å². The molecule has 1 atom stereocenters. The van der Waals surface area contributed by atoms with Crippen molar-refractivity contribution in [3.63, 3.8) is 0 Å². The predicted octanol–water partition coefficient (Wildman–Crippen LogP) is 6.60. The van der Waals surface area contributed by atoms with E-state index in [1.165, 1.54) is 12.1 Å². The van der Waals surface area contributed by atoms with E-state index in [0.29, 0.717) is 39.0 Å². The van der Waals surface area contributed by atoms with Crippen LogP contribution < -0.4 is 9.33 Å². The number of rotatable bonds is 7. The number of amides is 1. The van der Waals surface area contributed by atoms with Crippen LogP contribution >= 0.6 is 11.6 Å². The summed E-state index contributed by atoms with van der Waals surface area (Å²) in [7, 11) is -2.13.